The van der Waals surface area contributed by atoms with Gasteiger partial charge in [-0.15, -0.1) is 5.53 Å². The van der Waals surface area contributed by atoms with E-state index >= 15 is 0 Å². The molecular formula is C26H29F3N8O. The van der Waals surface area contributed by atoms with Gasteiger partial charge >= 0.3 is 6.18 Å². The number of hydrogen-bond donors (Lipinski definition) is 3. The number of rotatable bonds is 5. The molecule has 3 N–H and O–H groups in total. The van der Waals surface area contributed by atoms with E-state index < -0.39 is 17.6 Å². The van der Waals surface area contributed by atoms with Crippen molar-refractivity contribution in [3.63, 3.8) is 0 Å². The van der Waals surface area contributed by atoms with E-state index in [4.69, 9.17) is 0 Å². The number of halogens is 3. The number of carbonyl (C=O) groups is 1. The van der Waals surface area contributed by atoms with Gasteiger partial charge in [0, 0.05) is 55.2 Å². The average molecular weight is 527 g/mol. The van der Waals surface area contributed by atoms with Crippen LogP contribution in [0.3, 0.4) is 0 Å². The van der Waals surface area contributed by atoms with Gasteiger partial charge in [-0.3, -0.25) is 19.5 Å². The van der Waals surface area contributed by atoms with Crippen LogP contribution < -0.4 is 26.2 Å². The van der Waals surface area contributed by atoms with Crippen molar-refractivity contribution in [1.82, 2.24) is 25.7 Å². The fourth-order valence-corrected chi connectivity index (χ4v) is 4.71. The fraction of sp³-hybridized carbons (Fsp3) is 0.346. The highest BCUT2D eigenvalue weighted by Crippen LogP contribution is 2.38. The molecule has 0 bridgehead atoms. The van der Waals surface area contributed by atoms with Crippen molar-refractivity contribution in [1.29, 1.82) is 0 Å². The zero-order chi connectivity index (χ0) is 27.2. The monoisotopic (exact) mass is 526 g/mol. The van der Waals surface area contributed by atoms with Gasteiger partial charge in [-0.2, -0.15) is 18.3 Å². The van der Waals surface area contributed by atoms with Crippen LogP contribution in [0.2, 0.25) is 0 Å². The maximum atomic E-state index is 13.7. The number of anilines is 3. The Kier molecular flexibility index (Phi) is 6.51. The number of nitrogens with zero attached hydrogens (tertiary/aromatic N) is 5. The van der Waals surface area contributed by atoms with Crippen LogP contribution in [0.5, 0.6) is 0 Å². The van der Waals surface area contributed by atoms with Gasteiger partial charge in [-0.25, -0.2) is 0 Å². The third kappa shape index (κ3) is 4.78. The number of hydrazine groups is 2. The van der Waals surface area contributed by atoms with E-state index in [0.29, 0.717) is 35.7 Å². The summed E-state index contributed by atoms with van der Waals surface area (Å²) in [5.41, 5.74) is 10.7. The Morgan fingerprint density at radius 1 is 1.05 bits per heavy atom. The summed E-state index contributed by atoms with van der Waals surface area (Å²) in [4.78, 5) is 19.5. The molecule has 0 spiro atoms. The molecule has 2 aliphatic rings. The second-order valence-corrected chi connectivity index (χ2v) is 9.56. The number of aryl methyl sites for hydroxylation is 2. The standard InChI is InChI=1S/C26H29F3N8O/c1-15-21(10-19(26(27,28)29)11-23(15)36-7-5-6-8-36)32-25(38)18-9-24(16(2)30-12-18)37-14-22(33-34-37)20-13-31-35(4)17(20)3/h9-14,33-34H,5-8H2,1-4H3,(H,32,38). The first-order chi connectivity index (χ1) is 18.0. The quantitative estimate of drug-likeness (QED) is 0.453. The molecule has 1 saturated heterocycles. The van der Waals surface area contributed by atoms with Crippen LogP contribution in [-0.2, 0) is 13.2 Å². The number of alkyl halides is 3. The molecular weight excluding hydrogens is 497 g/mol. The van der Waals surface area contributed by atoms with E-state index in [1.54, 1.807) is 35.8 Å². The zero-order valence-corrected chi connectivity index (χ0v) is 21.6. The summed E-state index contributed by atoms with van der Waals surface area (Å²) in [6.45, 7) is 6.86. The second kappa shape index (κ2) is 9.67. The van der Waals surface area contributed by atoms with Crippen molar-refractivity contribution < 1.29 is 18.0 Å². The third-order valence-corrected chi connectivity index (χ3v) is 7.08. The first-order valence-electron chi connectivity index (χ1n) is 12.3. The highest BCUT2D eigenvalue weighted by molar-refractivity contribution is 6.05. The average Bonchev–Trinajstić information content (AvgIpc) is 3.63. The van der Waals surface area contributed by atoms with Gasteiger partial charge < -0.3 is 15.6 Å². The Morgan fingerprint density at radius 2 is 1.79 bits per heavy atom. The predicted molar refractivity (Wildman–Crippen MR) is 139 cm³/mol. The van der Waals surface area contributed by atoms with E-state index in [0.717, 1.165) is 35.9 Å². The Morgan fingerprint density at radius 3 is 2.45 bits per heavy atom. The van der Waals surface area contributed by atoms with Crippen molar-refractivity contribution in [3.8, 4) is 0 Å². The van der Waals surface area contributed by atoms with E-state index in [1.807, 2.05) is 25.1 Å². The molecule has 5 rings (SSSR count). The molecule has 3 aromatic rings. The molecule has 12 heteroatoms. The largest absolute Gasteiger partial charge is 0.416 e. The molecule has 2 aromatic heterocycles. The zero-order valence-electron chi connectivity index (χ0n) is 21.6. The molecule has 38 heavy (non-hydrogen) atoms. The molecule has 2 aliphatic heterocycles. The van der Waals surface area contributed by atoms with E-state index in [9.17, 15) is 18.0 Å². The highest BCUT2D eigenvalue weighted by Gasteiger charge is 2.33. The van der Waals surface area contributed by atoms with Crippen molar-refractivity contribution >= 4 is 28.7 Å². The fourth-order valence-electron chi connectivity index (χ4n) is 4.71. The summed E-state index contributed by atoms with van der Waals surface area (Å²) in [6, 6.07) is 3.81. The first kappa shape index (κ1) is 25.6. The minimum atomic E-state index is -4.54. The van der Waals surface area contributed by atoms with Crippen molar-refractivity contribution in [3.05, 3.63) is 70.4 Å². The normalized spacial score (nSPS) is 15.6. The van der Waals surface area contributed by atoms with Gasteiger partial charge in [-0.05, 0) is 57.4 Å². The molecule has 200 valence electrons. The predicted octanol–water partition coefficient (Wildman–Crippen LogP) is 4.44. The summed E-state index contributed by atoms with van der Waals surface area (Å²) >= 11 is 0. The lowest BCUT2D eigenvalue weighted by atomic mass is 10.1. The van der Waals surface area contributed by atoms with Gasteiger partial charge in [0.1, 0.15) is 0 Å². The lowest BCUT2D eigenvalue weighted by molar-refractivity contribution is -0.137. The third-order valence-electron chi connectivity index (χ3n) is 7.08. The van der Waals surface area contributed by atoms with Crippen LogP contribution in [0.25, 0.3) is 5.70 Å². The molecule has 0 aliphatic carbocycles. The molecule has 1 fully saturated rings. The summed E-state index contributed by atoms with van der Waals surface area (Å²) in [5.74, 6) is -0.548. The maximum absolute atomic E-state index is 13.7. The van der Waals surface area contributed by atoms with Crippen molar-refractivity contribution in [2.45, 2.75) is 39.8 Å². The summed E-state index contributed by atoms with van der Waals surface area (Å²) in [5, 5.41) is 8.66. The number of pyridine rings is 1. The van der Waals surface area contributed by atoms with E-state index in [-0.39, 0.29) is 11.3 Å². The van der Waals surface area contributed by atoms with Gasteiger partial charge in [-0.1, -0.05) is 0 Å². The van der Waals surface area contributed by atoms with Gasteiger partial charge in [0.15, 0.2) is 0 Å². The Balaban J connectivity index is 1.43. The van der Waals surface area contributed by atoms with Crippen LogP contribution in [-0.4, -0.2) is 33.8 Å². The van der Waals surface area contributed by atoms with Gasteiger partial charge in [0.25, 0.3) is 5.91 Å². The van der Waals surface area contributed by atoms with Crippen molar-refractivity contribution in [2.24, 2.45) is 7.05 Å². The van der Waals surface area contributed by atoms with Crippen LogP contribution in [0.1, 0.15) is 51.3 Å². The Bertz CT molecular complexity index is 1420. The number of carbonyl (C=O) groups excluding carboxylic acids is 1. The Hall–Kier alpha value is -4.06. The molecule has 4 heterocycles. The number of nitrogens with one attached hydrogen (secondary N) is 3. The lowest BCUT2D eigenvalue weighted by Crippen LogP contribution is -2.36. The number of hydrogen-bond acceptors (Lipinski definition) is 7. The minimum absolute atomic E-state index is 0.129. The first-order valence-corrected chi connectivity index (χ1v) is 12.3. The van der Waals surface area contributed by atoms with Gasteiger partial charge in [0.2, 0.25) is 0 Å². The van der Waals surface area contributed by atoms with Gasteiger partial charge in [0.05, 0.1) is 34.4 Å². The molecule has 0 saturated carbocycles. The molecule has 9 nitrogen and oxygen atoms in total. The number of benzene rings is 1. The molecule has 0 unspecified atom stereocenters. The minimum Gasteiger partial charge on any atom is -0.371 e. The van der Waals surface area contributed by atoms with Crippen LogP contribution in [0.4, 0.5) is 30.2 Å². The van der Waals surface area contributed by atoms with E-state index in [1.165, 1.54) is 12.3 Å². The lowest BCUT2D eigenvalue weighted by Gasteiger charge is -2.24. The molecule has 0 atom stereocenters. The summed E-state index contributed by atoms with van der Waals surface area (Å²) in [7, 11) is 1.86. The molecule has 1 aromatic carbocycles. The number of amides is 1. The highest BCUT2D eigenvalue weighted by atomic mass is 19.4. The maximum Gasteiger partial charge on any atom is 0.416 e. The SMILES string of the molecule is Cc1ncc(C(=O)Nc2cc(C(F)(F)F)cc(N3CCCC3)c2C)cc1N1C=C(c2cnn(C)c2C)NN1. The summed E-state index contributed by atoms with van der Waals surface area (Å²) < 4.78 is 42.9. The number of aromatic nitrogens is 3. The van der Waals surface area contributed by atoms with Crippen molar-refractivity contribution in [2.75, 3.05) is 28.3 Å². The smallest absolute Gasteiger partial charge is 0.371 e. The molecule has 1 amide bonds. The molecule has 0 radical (unpaired) electrons. The van der Waals surface area contributed by atoms with E-state index in [2.05, 4.69) is 26.4 Å². The van der Waals surface area contributed by atoms with Crippen LogP contribution >= 0.6 is 0 Å². The Labute approximate surface area is 218 Å². The topological polar surface area (TPSA) is 90.4 Å². The summed E-state index contributed by atoms with van der Waals surface area (Å²) in [6.07, 6.45) is 2.30. The second-order valence-electron chi connectivity index (χ2n) is 9.56. The van der Waals surface area contributed by atoms with Crippen LogP contribution in [0, 0.1) is 20.8 Å². The van der Waals surface area contributed by atoms with Crippen LogP contribution in [0.15, 0.2) is 36.8 Å².